The lowest BCUT2D eigenvalue weighted by atomic mass is 10.1. The van der Waals surface area contributed by atoms with E-state index in [0.29, 0.717) is 10.9 Å². The molecule has 1 N–H and O–H groups in total. The van der Waals surface area contributed by atoms with Crippen LogP contribution in [0.4, 0.5) is 5.69 Å². The third-order valence-corrected chi connectivity index (χ3v) is 6.32. The van der Waals surface area contributed by atoms with E-state index in [1.54, 1.807) is 12.1 Å². The summed E-state index contributed by atoms with van der Waals surface area (Å²) in [7, 11) is 0. The summed E-state index contributed by atoms with van der Waals surface area (Å²) in [5, 5.41) is 3.45. The van der Waals surface area contributed by atoms with Gasteiger partial charge in [-0.25, -0.2) is 4.98 Å². The molecule has 1 fully saturated rings. The number of carbonyl (C=O) groups is 1. The Hall–Kier alpha value is -2.16. The van der Waals surface area contributed by atoms with Crippen molar-refractivity contribution in [2.24, 2.45) is 0 Å². The molecule has 0 radical (unpaired) electrons. The van der Waals surface area contributed by atoms with E-state index in [1.807, 2.05) is 42.1 Å². The molecule has 0 atom stereocenters. The van der Waals surface area contributed by atoms with Crippen LogP contribution in [-0.2, 0) is 17.9 Å². The number of fused-ring (bicyclic) bond motifs is 1. The van der Waals surface area contributed by atoms with Gasteiger partial charge in [0.15, 0.2) is 0 Å². The van der Waals surface area contributed by atoms with Gasteiger partial charge in [0.05, 0.1) is 17.2 Å². The molecule has 0 bridgehead atoms. The maximum absolute atomic E-state index is 12.7. The normalized spacial score (nSPS) is 14.8. The van der Waals surface area contributed by atoms with Crippen LogP contribution in [0.3, 0.4) is 0 Å². The molecule has 2 aromatic carbocycles. The molecule has 3 aromatic rings. The van der Waals surface area contributed by atoms with Crippen LogP contribution in [0, 0.1) is 0 Å². The van der Waals surface area contributed by atoms with Crippen LogP contribution in [0.1, 0.15) is 5.56 Å². The van der Waals surface area contributed by atoms with E-state index in [0.717, 1.165) is 46.9 Å². The largest absolute Gasteiger partial charge is 0.324 e. The van der Waals surface area contributed by atoms with Crippen LogP contribution in [0.5, 0.6) is 0 Å². The van der Waals surface area contributed by atoms with Crippen molar-refractivity contribution in [3.05, 3.63) is 69.2 Å². The number of para-hydroxylation sites is 1. The summed E-state index contributed by atoms with van der Waals surface area (Å²) in [4.78, 5) is 32.1. The number of benzene rings is 2. The van der Waals surface area contributed by atoms with Crippen LogP contribution in [0.2, 0.25) is 0 Å². The fourth-order valence-electron chi connectivity index (χ4n) is 3.37. The SMILES string of the molecule is O=C(Cn1cnc2ccc(Br)cc2c1=O)Nc1ccccc1CN1CCSCC1. The van der Waals surface area contributed by atoms with Gasteiger partial charge in [-0.1, -0.05) is 34.1 Å². The zero-order chi connectivity index (χ0) is 20.2. The second kappa shape index (κ2) is 9.11. The topological polar surface area (TPSA) is 67.2 Å². The highest BCUT2D eigenvalue weighted by Gasteiger charge is 2.14. The van der Waals surface area contributed by atoms with E-state index in [9.17, 15) is 9.59 Å². The lowest BCUT2D eigenvalue weighted by molar-refractivity contribution is -0.116. The average Bonchev–Trinajstić information content (AvgIpc) is 2.73. The van der Waals surface area contributed by atoms with Crippen molar-refractivity contribution in [2.75, 3.05) is 29.9 Å². The zero-order valence-electron chi connectivity index (χ0n) is 15.8. The van der Waals surface area contributed by atoms with Crippen molar-refractivity contribution < 1.29 is 4.79 Å². The number of rotatable bonds is 5. The van der Waals surface area contributed by atoms with E-state index in [4.69, 9.17) is 0 Å². The molecular weight excluding hydrogens is 452 g/mol. The number of aromatic nitrogens is 2. The minimum absolute atomic E-state index is 0.0804. The highest BCUT2D eigenvalue weighted by Crippen LogP contribution is 2.20. The highest BCUT2D eigenvalue weighted by molar-refractivity contribution is 9.10. The summed E-state index contributed by atoms with van der Waals surface area (Å²) in [6, 6.07) is 13.2. The molecule has 0 spiro atoms. The van der Waals surface area contributed by atoms with Gasteiger partial charge in [-0.2, -0.15) is 11.8 Å². The molecule has 6 nitrogen and oxygen atoms in total. The second-order valence-corrected chi connectivity index (χ2v) is 9.07. The first-order valence-electron chi connectivity index (χ1n) is 9.43. The van der Waals surface area contributed by atoms with Gasteiger partial charge >= 0.3 is 0 Å². The summed E-state index contributed by atoms with van der Waals surface area (Å²) in [5.74, 6) is 2.04. The number of nitrogens with one attached hydrogen (secondary N) is 1. The number of carbonyl (C=O) groups excluding carboxylic acids is 1. The monoisotopic (exact) mass is 472 g/mol. The van der Waals surface area contributed by atoms with Crippen molar-refractivity contribution in [1.82, 2.24) is 14.5 Å². The number of halogens is 1. The van der Waals surface area contributed by atoms with Crippen LogP contribution in [0.25, 0.3) is 10.9 Å². The molecule has 8 heteroatoms. The van der Waals surface area contributed by atoms with Gasteiger partial charge in [0.2, 0.25) is 5.91 Å². The molecule has 1 aliphatic heterocycles. The predicted octanol–water partition coefficient (Wildman–Crippen LogP) is 3.35. The second-order valence-electron chi connectivity index (χ2n) is 6.93. The first kappa shape index (κ1) is 20.1. The minimum Gasteiger partial charge on any atom is -0.324 e. The molecule has 4 rings (SSSR count). The first-order valence-corrected chi connectivity index (χ1v) is 11.4. The molecule has 1 amide bonds. The van der Waals surface area contributed by atoms with Crippen molar-refractivity contribution in [3.8, 4) is 0 Å². The van der Waals surface area contributed by atoms with Crippen molar-refractivity contribution in [2.45, 2.75) is 13.1 Å². The van der Waals surface area contributed by atoms with Gasteiger partial charge in [-0.05, 0) is 29.8 Å². The Morgan fingerprint density at radius 3 is 2.79 bits per heavy atom. The molecule has 0 aliphatic carbocycles. The number of anilines is 1. The van der Waals surface area contributed by atoms with Crippen LogP contribution in [-0.4, -0.2) is 45.0 Å². The Bertz CT molecular complexity index is 1100. The van der Waals surface area contributed by atoms with Crippen LogP contribution < -0.4 is 10.9 Å². The lowest BCUT2D eigenvalue weighted by Crippen LogP contribution is -2.32. The summed E-state index contributed by atoms with van der Waals surface area (Å²) in [5.41, 5.74) is 2.26. The number of nitrogens with zero attached hydrogens (tertiary/aromatic N) is 3. The van der Waals surface area contributed by atoms with Gasteiger partial charge in [-0.3, -0.25) is 19.1 Å². The Kier molecular flexibility index (Phi) is 6.32. The Morgan fingerprint density at radius 2 is 1.97 bits per heavy atom. The molecule has 2 heterocycles. The van der Waals surface area contributed by atoms with Crippen LogP contribution >= 0.6 is 27.7 Å². The summed E-state index contributed by atoms with van der Waals surface area (Å²) < 4.78 is 2.14. The van der Waals surface area contributed by atoms with Crippen molar-refractivity contribution >= 4 is 50.2 Å². The maximum atomic E-state index is 12.7. The fraction of sp³-hybridized carbons (Fsp3) is 0.286. The molecular formula is C21H21BrN4O2S. The van der Waals surface area contributed by atoms with Gasteiger partial charge in [0.1, 0.15) is 6.54 Å². The molecule has 0 unspecified atom stereocenters. The third-order valence-electron chi connectivity index (χ3n) is 4.89. The van der Waals surface area contributed by atoms with E-state index < -0.39 is 0 Å². The number of amides is 1. The quantitative estimate of drug-likeness (QED) is 0.616. The standard InChI is InChI=1S/C21H21BrN4O2S/c22-16-5-6-19-17(11-16)21(28)26(14-23-19)13-20(27)24-18-4-2-1-3-15(18)12-25-7-9-29-10-8-25/h1-6,11,14H,7-10,12-13H2,(H,24,27). The van der Waals surface area contributed by atoms with Crippen molar-refractivity contribution in [3.63, 3.8) is 0 Å². The Labute approximate surface area is 181 Å². The van der Waals surface area contributed by atoms with E-state index >= 15 is 0 Å². The first-order chi connectivity index (χ1) is 14.1. The molecule has 1 aromatic heterocycles. The lowest BCUT2D eigenvalue weighted by Gasteiger charge is -2.27. The number of thioether (sulfide) groups is 1. The minimum atomic E-state index is -0.245. The smallest absolute Gasteiger partial charge is 0.261 e. The zero-order valence-corrected chi connectivity index (χ0v) is 18.2. The molecule has 1 saturated heterocycles. The van der Waals surface area contributed by atoms with E-state index in [1.165, 1.54) is 10.9 Å². The molecule has 1 aliphatic rings. The van der Waals surface area contributed by atoms with E-state index in [2.05, 4.69) is 31.1 Å². The van der Waals surface area contributed by atoms with E-state index in [-0.39, 0.29) is 18.0 Å². The third kappa shape index (κ3) is 4.88. The van der Waals surface area contributed by atoms with Crippen LogP contribution in [0.15, 0.2) is 58.1 Å². The maximum Gasteiger partial charge on any atom is 0.261 e. The van der Waals surface area contributed by atoms with Crippen molar-refractivity contribution in [1.29, 1.82) is 0 Å². The molecule has 0 saturated carbocycles. The Balaban J connectivity index is 1.50. The van der Waals surface area contributed by atoms with Gasteiger partial charge in [0, 0.05) is 41.3 Å². The number of hydrogen-bond donors (Lipinski definition) is 1. The summed E-state index contributed by atoms with van der Waals surface area (Å²) in [6.07, 6.45) is 1.43. The highest BCUT2D eigenvalue weighted by atomic mass is 79.9. The van der Waals surface area contributed by atoms with Gasteiger partial charge in [0.25, 0.3) is 5.56 Å². The van der Waals surface area contributed by atoms with Gasteiger partial charge in [-0.15, -0.1) is 0 Å². The Morgan fingerprint density at radius 1 is 1.17 bits per heavy atom. The summed E-state index contributed by atoms with van der Waals surface area (Å²) in [6.45, 7) is 2.84. The van der Waals surface area contributed by atoms with Gasteiger partial charge < -0.3 is 5.32 Å². The fourth-order valence-corrected chi connectivity index (χ4v) is 4.71. The average molecular weight is 473 g/mol. The predicted molar refractivity (Wildman–Crippen MR) is 121 cm³/mol. The summed E-state index contributed by atoms with van der Waals surface area (Å²) >= 11 is 5.35. The molecule has 150 valence electrons. The molecule has 29 heavy (non-hydrogen) atoms. The number of hydrogen-bond acceptors (Lipinski definition) is 5.